The summed E-state index contributed by atoms with van der Waals surface area (Å²) in [5, 5.41) is 0.813. The highest BCUT2D eigenvalue weighted by atomic mass is 16.2. The maximum atomic E-state index is 11.3. The third-order valence-electron chi connectivity index (χ3n) is 2.48. The number of nitrogens with one attached hydrogen (secondary N) is 2. The minimum atomic E-state index is -0.649. The molecule has 3 rings (SSSR count). The molecule has 0 saturated heterocycles. The molecule has 0 fully saturated rings. The van der Waals surface area contributed by atoms with Gasteiger partial charge in [0.1, 0.15) is 0 Å². The molecule has 0 radical (unpaired) electrons. The lowest BCUT2D eigenvalue weighted by atomic mass is 10.2. The zero-order valence-corrected chi connectivity index (χ0v) is 8.15. The predicted molar refractivity (Wildman–Crippen MR) is 60.5 cm³/mol. The quantitative estimate of drug-likeness (QED) is 0.427. The Morgan fingerprint density at radius 3 is 2.69 bits per heavy atom. The van der Waals surface area contributed by atoms with E-state index >= 15 is 0 Å². The smallest absolute Gasteiger partial charge is 0.314 e. The van der Waals surface area contributed by atoms with Gasteiger partial charge in [-0.2, -0.15) is 0 Å². The van der Waals surface area contributed by atoms with Crippen molar-refractivity contribution < 1.29 is 0 Å². The Hall–Kier alpha value is -2.43. The molecule has 2 aromatic heterocycles. The number of H-pyrrole nitrogens is 2. The van der Waals surface area contributed by atoms with Gasteiger partial charge in [0, 0.05) is 11.6 Å². The van der Waals surface area contributed by atoms with Gasteiger partial charge >= 0.3 is 11.1 Å². The highest BCUT2D eigenvalue weighted by Crippen LogP contribution is 2.18. The van der Waals surface area contributed by atoms with E-state index < -0.39 is 11.1 Å². The van der Waals surface area contributed by atoms with Crippen LogP contribution in [-0.2, 0) is 0 Å². The number of benzene rings is 1. The molecule has 5 nitrogen and oxygen atoms in total. The van der Waals surface area contributed by atoms with Crippen molar-refractivity contribution in [2.24, 2.45) is 0 Å². The van der Waals surface area contributed by atoms with Crippen LogP contribution in [0.5, 0.6) is 0 Å². The molecule has 78 valence electrons. The number of pyridine rings is 1. The van der Waals surface area contributed by atoms with Crippen molar-refractivity contribution in [2.75, 3.05) is 0 Å². The third kappa shape index (κ3) is 1.15. The lowest BCUT2D eigenvalue weighted by Crippen LogP contribution is -2.28. The zero-order valence-electron chi connectivity index (χ0n) is 8.15. The van der Waals surface area contributed by atoms with Crippen LogP contribution in [0.25, 0.3) is 21.9 Å². The van der Waals surface area contributed by atoms with Crippen molar-refractivity contribution >= 4 is 21.9 Å². The van der Waals surface area contributed by atoms with E-state index in [0.717, 1.165) is 10.9 Å². The van der Waals surface area contributed by atoms with Crippen molar-refractivity contribution in [3.63, 3.8) is 0 Å². The summed E-state index contributed by atoms with van der Waals surface area (Å²) in [6.07, 6.45) is 1.68. The fourth-order valence-corrected chi connectivity index (χ4v) is 1.74. The molecule has 0 spiro atoms. The van der Waals surface area contributed by atoms with E-state index in [2.05, 4.69) is 15.0 Å². The van der Waals surface area contributed by atoms with Gasteiger partial charge in [0.25, 0.3) is 0 Å². The van der Waals surface area contributed by atoms with Gasteiger partial charge in [0.15, 0.2) is 0 Å². The van der Waals surface area contributed by atoms with Gasteiger partial charge in [-0.15, -0.1) is 0 Å². The Morgan fingerprint density at radius 2 is 1.81 bits per heavy atom. The standard InChI is InChI=1S/C11H7N3O2/c15-10-11(16)14-9-6-2-1-5-12-7(6)3-4-8(9)13-10/h1-5H,(H,13,15)(H,14,16). The number of hydrogen-bond donors (Lipinski definition) is 2. The van der Waals surface area contributed by atoms with Crippen LogP contribution >= 0.6 is 0 Å². The number of aromatic nitrogens is 3. The van der Waals surface area contributed by atoms with Crippen molar-refractivity contribution in [1.29, 1.82) is 0 Å². The van der Waals surface area contributed by atoms with Crippen LogP contribution < -0.4 is 11.1 Å². The number of aromatic amines is 2. The molecule has 0 bridgehead atoms. The van der Waals surface area contributed by atoms with Crippen LogP contribution in [0, 0.1) is 0 Å². The normalized spacial score (nSPS) is 11.0. The predicted octanol–water partition coefficient (Wildman–Crippen LogP) is 0.765. The highest BCUT2D eigenvalue weighted by Gasteiger charge is 2.03. The van der Waals surface area contributed by atoms with Gasteiger partial charge in [-0.3, -0.25) is 14.6 Å². The Bertz CT molecular complexity index is 801. The van der Waals surface area contributed by atoms with Crippen LogP contribution in [0.3, 0.4) is 0 Å². The van der Waals surface area contributed by atoms with E-state index in [4.69, 9.17) is 0 Å². The minimum Gasteiger partial charge on any atom is -0.316 e. The minimum absolute atomic E-state index is 0.602. The van der Waals surface area contributed by atoms with Crippen LogP contribution in [-0.4, -0.2) is 15.0 Å². The van der Waals surface area contributed by atoms with Gasteiger partial charge in [-0.1, -0.05) is 0 Å². The van der Waals surface area contributed by atoms with Crippen molar-refractivity contribution in [1.82, 2.24) is 15.0 Å². The summed E-state index contributed by atoms with van der Waals surface area (Å²) in [5.74, 6) is 0. The third-order valence-corrected chi connectivity index (χ3v) is 2.48. The maximum Gasteiger partial charge on any atom is 0.314 e. The van der Waals surface area contributed by atoms with Gasteiger partial charge in [0.2, 0.25) is 0 Å². The Morgan fingerprint density at radius 1 is 1.00 bits per heavy atom. The summed E-state index contributed by atoms with van der Waals surface area (Å²) >= 11 is 0. The van der Waals surface area contributed by atoms with Gasteiger partial charge in [0.05, 0.1) is 16.6 Å². The molecule has 0 amide bonds. The van der Waals surface area contributed by atoms with E-state index in [1.165, 1.54) is 0 Å². The van der Waals surface area contributed by atoms with E-state index in [0.29, 0.717) is 11.0 Å². The van der Waals surface area contributed by atoms with Crippen LogP contribution in [0.2, 0.25) is 0 Å². The van der Waals surface area contributed by atoms with E-state index in [-0.39, 0.29) is 0 Å². The second-order valence-corrected chi connectivity index (χ2v) is 3.47. The Balaban J connectivity index is 2.65. The van der Waals surface area contributed by atoms with Crippen molar-refractivity contribution in [3.05, 3.63) is 51.2 Å². The monoisotopic (exact) mass is 213 g/mol. The molecule has 0 atom stereocenters. The fourth-order valence-electron chi connectivity index (χ4n) is 1.74. The Kier molecular flexibility index (Phi) is 1.67. The lowest BCUT2D eigenvalue weighted by Gasteiger charge is -2.01. The largest absolute Gasteiger partial charge is 0.316 e. The lowest BCUT2D eigenvalue weighted by molar-refractivity contribution is 1.15. The summed E-state index contributed by atoms with van der Waals surface area (Å²) in [5.41, 5.74) is 0.692. The molecule has 1 aromatic carbocycles. The first-order valence-electron chi connectivity index (χ1n) is 4.76. The zero-order chi connectivity index (χ0) is 11.1. The van der Waals surface area contributed by atoms with Gasteiger partial charge < -0.3 is 9.97 Å². The molecule has 0 aliphatic heterocycles. The molecule has 3 aromatic rings. The molecule has 0 unspecified atom stereocenters. The van der Waals surface area contributed by atoms with E-state index in [9.17, 15) is 9.59 Å². The topological polar surface area (TPSA) is 78.6 Å². The maximum absolute atomic E-state index is 11.3. The second kappa shape index (κ2) is 3.03. The average Bonchev–Trinajstić information content (AvgIpc) is 2.31. The summed E-state index contributed by atoms with van der Waals surface area (Å²) < 4.78 is 0. The average molecular weight is 213 g/mol. The first-order chi connectivity index (χ1) is 7.75. The SMILES string of the molecule is O=c1[nH]c2ccc3ncccc3c2[nH]c1=O. The molecular weight excluding hydrogens is 206 g/mol. The molecule has 2 N–H and O–H groups in total. The number of fused-ring (bicyclic) bond motifs is 3. The van der Waals surface area contributed by atoms with E-state index in [1.807, 2.05) is 6.07 Å². The molecular formula is C11H7N3O2. The first kappa shape index (κ1) is 8.84. The number of hydrogen-bond acceptors (Lipinski definition) is 3. The van der Waals surface area contributed by atoms with Gasteiger partial charge in [-0.05, 0) is 24.3 Å². The Labute approximate surface area is 88.8 Å². The summed E-state index contributed by atoms with van der Waals surface area (Å²) in [4.78, 5) is 31.7. The number of nitrogens with zero attached hydrogens (tertiary/aromatic N) is 1. The van der Waals surface area contributed by atoms with Crippen LogP contribution in [0.4, 0.5) is 0 Å². The first-order valence-corrected chi connectivity index (χ1v) is 4.76. The molecule has 0 aliphatic rings. The summed E-state index contributed by atoms with van der Waals surface area (Å²) in [6.45, 7) is 0. The molecule has 5 heteroatoms. The van der Waals surface area contributed by atoms with E-state index in [1.54, 1.807) is 24.4 Å². The highest BCUT2D eigenvalue weighted by molar-refractivity contribution is 6.01. The summed E-state index contributed by atoms with van der Waals surface area (Å²) in [7, 11) is 0. The molecule has 2 heterocycles. The van der Waals surface area contributed by atoms with Crippen LogP contribution in [0.15, 0.2) is 40.1 Å². The molecule has 16 heavy (non-hydrogen) atoms. The van der Waals surface area contributed by atoms with Crippen molar-refractivity contribution in [2.45, 2.75) is 0 Å². The van der Waals surface area contributed by atoms with Crippen molar-refractivity contribution in [3.8, 4) is 0 Å². The number of rotatable bonds is 0. The fraction of sp³-hybridized carbons (Fsp3) is 0. The van der Waals surface area contributed by atoms with Crippen LogP contribution in [0.1, 0.15) is 0 Å². The molecule has 0 aliphatic carbocycles. The van der Waals surface area contributed by atoms with Gasteiger partial charge in [-0.25, -0.2) is 0 Å². The second-order valence-electron chi connectivity index (χ2n) is 3.47. The summed E-state index contributed by atoms with van der Waals surface area (Å²) in [6, 6.07) is 7.15. The molecule has 0 saturated carbocycles.